The van der Waals surface area contributed by atoms with Crippen molar-refractivity contribution in [1.29, 1.82) is 0 Å². The molecule has 0 bridgehead atoms. The Bertz CT molecular complexity index is 523. The van der Waals surface area contributed by atoms with Crippen molar-refractivity contribution in [3.63, 3.8) is 0 Å². The van der Waals surface area contributed by atoms with Gasteiger partial charge in [-0.3, -0.25) is 4.79 Å². The summed E-state index contributed by atoms with van der Waals surface area (Å²) in [5.41, 5.74) is 0.680. The van der Waals surface area contributed by atoms with E-state index in [1.54, 1.807) is 11.0 Å². The third kappa shape index (κ3) is 4.31. The zero-order valence-corrected chi connectivity index (χ0v) is 13.5. The monoisotopic (exact) mass is 325 g/mol. The van der Waals surface area contributed by atoms with Crippen molar-refractivity contribution in [2.45, 2.75) is 32.4 Å². The Morgan fingerprint density at radius 1 is 1.50 bits per heavy atom. The van der Waals surface area contributed by atoms with Crippen molar-refractivity contribution < 1.29 is 13.9 Å². The standard InChI is InChI=1S/C17H21ClFNO2/c1-3-17(21)20(12(2)14-4-6-22-7-5-14)11-13-8-15(18)10-16(19)9-13/h3,8-10,12,14H,1,4-7,11H2,2H3. The van der Waals surface area contributed by atoms with Gasteiger partial charge in [-0.05, 0) is 55.5 Å². The maximum atomic E-state index is 13.5. The first-order chi connectivity index (χ1) is 10.5. The molecule has 0 aliphatic carbocycles. The van der Waals surface area contributed by atoms with Crippen molar-refractivity contribution in [2.75, 3.05) is 13.2 Å². The molecule has 0 aromatic heterocycles. The number of carbonyl (C=O) groups is 1. The average molecular weight is 326 g/mol. The quantitative estimate of drug-likeness (QED) is 0.770. The Labute approximate surface area is 135 Å². The molecule has 2 rings (SSSR count). The van der Waals surface area contributed by atoms with Crippen LogP contribution in [0.5, 0.6) is 0 Å². The highest BCUT2D eigenvalue weighted by molar-refractivity contribution is 6.30. The number of amides is 1. The van der Waals surface area contributed by atoms with Gasteiger partial charge in [0.15, 0.2) is 0 Å². The van der Waals surface area contributed by atoms with Crippen molar-refractivity contribution >= 4 is 17.5 Å². The molecule has 0 N–H and O–H groups in total. The third-order valence-corrected chi connectivity index (χ3v) is 4.39. The molecule has 0 spiro atoms. The second-order valence-electron chi connectivity index (χ2n) is 5.64. The van der Waals surface area contributed by atoms with E-state index in [-0.39, 0.29) is 11.9 Å². The van der Waals surface area contributed by atoms with E-state index in [2.05, 4.69) is 6.58 Å². The van der Waals surface area contributed by atoms with Crippen LogP contribution in [0.15, 0.2) is 30.9 Å². The van der Waals surface area contributed by atoms with Crippen LogP contribution in [0.3, 0.4) is 0 Å². The zero-order valence-electron chi connectivity index (χ0n) is 12.7. The lowest BCUT2D eigenvalue weighted by Gasteiger charge is -2.36. The van der Waals surface area contributed by atoms with Gasteiger partial charge < -0.3 is 9.64 Å². The summed E-state index contributed by atoms with van der Waals surface area (Å²) in [7, 11) is 0. The largest absolute Gasteiger partial charge is 0.381 e. The molecule has 1 aromatic rings. The summed E-state index contributed by atoms with van der Waals surface area (Å²) in [5, 5.41) is 0.333. The number of hydrogen-bond acceptors (Lipinski definition) is 2. The fourth-order valence-electron chi connectivity index (χ4n) is 2.89. The summed E-state index contributed by atoms with van der Waals surface area (Å²) in [6, 6.07) is 4.39. The molecule has 1 atom stereocenters. The van der Waals surface area contributed by atoms with Gasteiger partial charge in [-0.25, -0.2) is 4.39 Å². The molecule has 5 heteroatoms. The number of rotatable bonds is 5. The highest BCUT2D eigenvalue weighted by Crippen LogP contribution is 2.25. The molecule has 0 saturated carbocycles. The van der Waals surface area contributed by atoms with Crippen molar-refractivity contribution in [3.8, 4) is 0 Å². The van der Waals surface area contributed by atoms with E-state index < -0.39 is 5.82 Å². The van der Waals surface area contributed by atoms with Crippen LogP contribution in [0.2, 0.25) is 5.02 Å². The number of benzene rings is 1. The summed E-state index contributed by atoms with van der Waals surface area (Å²) >= 11 is 5.90. The van der Waals surface area contributed by atoms with E-state index in [0.29, 0.717) is 23.0 Å². The van der Waals surface area contributed by atoms with Crippen LogP contribution in [0.25, 0.3) is 0 Å². The van der Waals surface area contributed by atoms with Gasteiger partial charge in [-0.2, -0.15) is 0 Å². The van der Waals surface area contributed by atoms with Crippen molar-refractivity contribution in [2.24, 2.45) is 5.92 Å². The summed E-state index contributed by atoms with van der Waals surface area (Å²) in [6.07, 6.45) is 3.15. The van der Waals surface area contributed by atoms with Crippen molar-refractivity contribution in [1.82, 2.24) is 4.90 Å². The normalized spacial score (nSPS) is 17.0. The topological polar surface area (TPSA) is 29.5 Å². The number of nitrogens with zero attached hydrogens (tertiary/aromatic N) is 1. The highest BCUT2D eigenvalue weighted by atomic mass is 35.5. The minimum absolute atomic E-state index is 0.0384. The minimum atomic E-state index is -0.396. The number of halogens is 2. The van der Waals surface area contributed by atoms with E-state index in [0.717, 1.165) is 26.1 Å². The van der Waals surface area contributed by atoms with Gasteiger partial charge in [0.1, 0.15) is 5.82 Å². The second-order valence-corrected chi connectivity index (χ2v) is 6.07. The number of ether oxygens (including phenoxy) is 1. The highest BCUT2D eigenvalue weighted by Gasteiger charge is 2.27. The first-order valence-electron chi connectivity index (χ1n) is 7.47. The lowest BCUT2D eigenvalue weighted by Crippen LogP contribution is -2.43. The molecule has 120 valence electrons. The van der Waals surface area contributed by atoms with Crippen LogP contribution >= 0.6 is 11.6 Å². The first-order valence-corrected chi connectivity index (χ1v) is 7.85. The summed E-state index contributed by atoms with van der Waals surface area (Å²) in [5.74, 6) is -0.173. The minimum Gasteiger partial charge on any atom is -0.381 e. The number of carbonyl (C=O) groups excluding carboxylic acids is 1. The Hall–Kier alpha value is -1.39. The van der Waals surface area contributed by atoms with Gasteiger partial charge in [0.25, 0.3) is 0 Å². The molecule has 1 fully saturated rings. The van der Waals surface area contributed by atoms with Gasteiger partial charge in [0.2, 0.25) is 5.91 Å². The number of hydrogen-bond donors (Lipinski definition) is 0. The molecule has 1 aliphatic rings. The van der Waals surface area contributed by atoms with E-state index in [4.69, 9.17) is 16.3 Å². The van der Waals surface area contributed by atoms with Crippen LogP contribution in [-0.4, -0.2) is 30.1 Å². The van der Waals surface area contributed by atoms with E-state index in [9.17, 15) is 9.18 Å². The van der Waals surface area contributed by atoms with Crippen molar-refractivity contribution in [3.05, 3.63) is 47.3 Å². The van der Waals surface area contributed by atoms with E-state index in [1.807, 2.05) is 6.92 Å². The Morgan fingerprint density at radius 2 is 2.18 bits per heavy atom. The molecule has 1 saturated heterocycles. The van der Waals surface area contributed by atoms with Crippen LogP contribution in [0.1, 0.15) is 25.3 Å². The maximum absolute atomic E-state index is 13.5. The van der Waals surface area contributed by atoms with Crippen LogP contribution in [-0.2, 0) is 16.1 Å². The molecule has 1 aromatic carbocycles. The van der Waals surface area contributed by atoms with Crippen LogP contribution < -0.4 is 0 Å². The zero-order chi connectivity index (χ0) is 16.1. The van der Waals surface area contributed by atoms with Gasteiger partial charge >= 0.3 is 0 Å². The summed E-state index contributed by atoms with van der Waals surface area (Å²) < 4.78 is 18.9. The lowest BCUT2D eigenvalue weighted by atomic mass is 9.91. The summed E-state index contributed by atoms with van der Waals surface area (Å²) in [6.45, 7) is 7.35. The molecule has 1 aliphatic heterocycles. The average Bonchev–Trinajstić information content (AvgIpc) is 2.51. The molecule has 1 unspecified atom stereocenters. The predicted molar refractivity (Wildman–Crippen MR) is 85.2 cm³/mol. The fraction of sp³-hybridized carbons (Fsp3) is 0.471. The van der Waals surface area contributed by atoms with E-state index >= 15 is 0 Å². The Balaban J connectivity index is 2.18. The van der Waals surface area contributed by atoms with Gasteiger partial charge in [-0.1, -0.05) is 18.2 Å². The van der Waals surface area contributed by atoms with E-state index in [1.165, 1.54) is 18.2 Å². The SMILES string of the molecule is C=CC(=O)N(Cc1cc(F)cc(Cl)c1)C(C)C1CCOCC1. The predicted octanol–water partition coefficient (Wildman–Crippen LogP) is 3.81. The van der Waals surface area contributed by atoms with Crippen LogP contribution in [0.4, 0.5) is 4.39 Å². The van der Waals surface area contributed by atoms with Gasteiger partial charge in [-0.15, -0.1) is 0 Å². The summed E-state index contributed by atoms with van der Waals surface area (Å²) in [4.78, 5) is 14.0. The molecule has 0 radical (unpaired) electrons. The van der Waals surface area contributed by atoms with Gasteiger partial charge in [0, 0.05) is 30.8 Å². The Morgan fingerprint density at radius 3 is 2.77 bits per heavy atom. The second kappa shape index (κ2) is 7.75. The smallest absolute Gasteiger partial charge is 0.246 e. The maximum Gasteiger partial charge on any atom is 0.246 e. The molecular formula is C17H21ClFNO2. The first kappa shape index (κ1) is 17.0. The lowest BCUT2D eigenvalue weighted by molar-refractivity contribution is -0.130. The van der Waals surface area contributed by atoms with Crippen LogP contribution in [0, 0.1) is 11.7 Å². The molecule has 3 nitrogen and oxygen atoms in total. The van der Waals surface area contributed by atoms with Gasteiger partial charge in [0.05, 0.1) is 0 Å². The molecule has 1 amide bonds. The Kier molecular flexibility index (Phi) is 5.98. The molecule has 22 heavy (non-hydrogen) atoms. The molecular weight excluding hydrogens is 305 g/mol. The fourth-order valence-corrected chi connectivity index (χ4v) is 3.14. The molecule has 1 heterocycles. The third-order valence-electron chi connectivity index (χ3n) is 4.17.